The highest BCUT2D eigenvalue weighted by Gasteiger charge is 2.28. The Hall–Kier alpha value is -4.40. The second kappa shape index (κ2) is 10.4. The molecule has 0 bridgehead atoms. The summed E-state index contributed by atoms with van der Waals surface area (Å²) in [5, 5.41) is 10.8. The highest BCUT2D eigenvalue weighted by atomic mass is 32.2. The van der Waals surface area contributed by atoms with Crippen LogP contribution in [0, 0.1) is 0 Å². The number of sulfone groups is 1. The summed E-state index contributed by atoms with van der Waals surface area (Å²) in [4.78, 5) is 32.1. The lowest BCUT2D eigenvalue weighted by Crippen LogP contribution is -2.41. The Bertz CT molecular complexity index is 1740. The van der Waals surface area contributed by atoms with E-state index >= 15 is 0 Å². The molecule has 5 aromatic heterocycles. The fourth-order valence-electron chi connectivity index (χ4n) is 4.80. The van der Waals surface area contributed by atoms with Crippen LogP contribution in [-0.2, 0) is 16.3 Å². The van der Waals surface area contributed by atoms with E-state index in [-0.39, 0.29) is 34.9 Å². The van der Waals surface area contributed by atoms with Gasteiger partial charge in [0.15, 0.2) is 15.5 Å². The summed E-state index contributed by atoms with van der Waals surface area (Å²) >= 11 is 0. The van der Waals surface area contributed by atoms with E-state index in [1.165, 1.54) is 10.8 Å². The van der Waals surface area contributed by atoms with E-state index in [9.17, 15) is 13.2 Å². The number of carbonyl (C=O) groups is 1. The second-order valence-electron chi connectivity index (χ2n) is 9.25. The number of H-pyrrole nitrogens is 1. The predicted molar refractivity (Wildman–Crippen MR) is 143 cm³/mol. The maximum atomic E-state index is 13.1. The molecule has 204 valence electrons. The van der Waals surface area contributed by atoms with Crippen LogP contribution in [0.25, 0.3) is 22.6 Å². The molecule has 0 spiro atoms. The number of hydrogen-bond donors (Lipinski definition) is 2. The monoisotopic (exact) mass is 551 g/mol. The standard InChI is InChI=1S/C24H29N11O3S/c1-4-9-34(23(36)21-28-14-29-32-21)16(5-2)6-7-18-19(39(3,37)38)20(25)35-22(31-18)17(12-30-35)15-11-27-24-26-8-10-33(24)13-15/h8,10-14,16H,4-7,9,25H2,1-3H3,(H,28,29,32)/t16-/m1/s1. The fraction of sp³-hybridized carbons (Fsp3) is 0.375. The normalized spacial score (nSPS) is 12.8. The van der Waals surface area contributed by atoms with Crippen molar-refractivity contribution < 1.29 is 13.2 Å². The number of rotatable bonds is 10. The van der Waals surface area contributed by atoms with E-state index < -0.39 is 9.84 Å². The quantitative estimate of drug-likeness (QED) is 0.259. The van der Waals surface area contributed by atoms with Crippen molar-refractivity contribution in [3.8, 4) is 11.1 Å². The van der Waals surface area contributed by atoms with Crippen LogP contribution in [0.2, 0.25) is 0 Å². The van der Waals surface area contributed by atoms with Crippen LogP contribution in [0.1, 0.15) is 49.4 Å². The Labute approximate surface area is 224 Å². The minimum atomic E-state index is -3.75. The van der Waals surface area contributed by atoms with Crippen molar-refractivity contribution in [2.75, 3.05) is 18.5 Å². The van der Waals surface area contributed by atoms with Gasteiger partial charge in [-0.15, -0.1) is 0 Å². The highest BCUT2D eigenvalue weighted by molar-refractivity contribution is 7.91. The van der Waals surface area contributed by atoms with Crippen LogP contribution in [0.15, 0.2) is 42.2 Å². The number of nitrogens with two attached hydrogens (primary N) is 1. The molecule has 3 N–H and O–H groups in total. The molecule has 0 aliphatic heterocycles. The molecule has 0 fully saturated rings. The molecule has 0 saturated heterocycles. The van der Waals surface area contributed by atoms with Gasteiger partial charge in [-0.25, -0.2) is 28.4 Å². The van der Waals surface area contributed by atoms with Gasteiger partial charge >= 0.3 is 0 Å². The number of fused-ring (bicyclic) bond motifs is 2. The average molecular weight is 552 g/mol. The Morgan fingerprint density at radius 3 is 2.72 bits per heavy atom. The van der Waals surface area contributed by atoms with Gasteiger partial charge in [0, 0.05) is 54.8 Å². The van der Waals surface area contributed by atoms with Crippen molar-refractivity contribution in [2.24, 2.45) is 0 Å². The molecule has 0 saturated carbocycles. The lowest BCUT2D eigenvalue weighted by molar-refractivity contribution is 0.0650. The van der Waals surface area contributed by atoms with Gasteiger partial charge < -0.3 is 10.6 Å². The first-order chi connectivity index (χ1) is 18.7. The fourth-order valence-corrected chi connectivity index (χ4v) is 5.84. The Balaban J connectivity index is 1.54. The molecule has 0 aromatic carbocycles. The number of anilines is 1. The molecule has 5 heterocycles. The molecule has 0 radical (unpaired) electrons. The highest BCUT2D eigenvalue weighted by Crippen LogP contribution is 2.30. The summed E-state index contributed by atoms with van der Waals surface area (Å²) in [5.74, 6) is 0.435. The number of imidazole rings is 1. The lowest BCUT2D eigenvalue weighted by atomic mass is 10.0. The smallest absolute Gasteiger partial charge is 0.291 e. The third-order valence-electron chi connectivity index (χ3n) is 6.60. The zero-order chi connectivity index (χ0) is 27.7. The van der Waals surface area contributed by atoms with Crippen molar-refractivity contribution in [1.29, 1.82) is 0 Å². The molecule has 39 heavy (non-hydrogen) atoms. The van der Waals surface area contributed by atoms with Gasteiger partial charge in [-0.05, 0) is 25.7 Å². The number of nitrogens with one attached hydrogen (secondary N) is 1. The summed E-state index contributed by atoms with van der Waals surface area (Å²) < 4.78 is 28.8. The van der Waals surface area contributed by atoms with Crippen LogP contribution in [0.3, 0.4) is 0 Å². The second-order valence-corrected chi connectivity index (χ2v) is 11.2. The molecule has 1 atom stereocenters. The van der Waals surface area contributed by atoms with E-state index in [1.54, 1.807) is 34.1 Å². The van der Waals surface area contributed by atoms with Crippen LogP contribution in [0.5, 0.6) is 0 Å². The number of nitrogens with zero attached hydrogens (tertiary/aromatic N) is 9. The van der Waals surface area contributed by atoms with Crippen molar-refractivity contribution in [3.63, 3.8) is 0 Å². The Morgan fingerprint density at radius 1 is 1.21 bits per heavy atom. The van der Waals surface area contributed by atoms with Crippen molar-refractivity contribution >= 4 is 33.0 Å². The van der Waals surface area contributed by atoms with Crippen molar-refractivity contribution in [2.45, 2.75) is 50.5 Å². The first-order valence-electron chi connectivity index (χ1n) is 12.5. The third kappa shape index (κ3) is 4.92. The van der Waals surface area contributed by atoms with Gasteiger partial charge in [0.25, 0.3) is 5.91 Å². The molecule has 5 rings (SSSR count). The largest absolute Gasteiger partial charge is 0.382 e. The maximum absolute atomic E-state index is 13.1. The van der Waals surface area contributed by atoms with E-state index in [0.717, 1.165) is 18.2 Å². The number of nitrogen functional groups attached to an aromatic ring is 1. The van der Waals surface area contributed by atoms with Gasteiger partial charge in [0.1, 0.15) is 17.0 Å². The number of aryl methyl sites for hydroxylation is 1. The zero-order valence-electron chi connectivity index (χ0n) is 21.8. The number of carbonyl (C=O) groups excluding carboxylic acids is 1. The molecule has 14 nitrogen and oxygen atoms in total. The van der Waals surface area contributed by atoms with Gasteiger partial charge in [0.2, 0.25) is 11.6 Å². The van der Waals surface area contributed by atoms with Gasteiger partial charge in [-0.1, -0.05) is 13.8 Å². The summed E-state index contributed by atoms with van der Waals surface area (Å²) in [6.45, 7) is 4.49. The minimum absolute atomic E-state index is 0.0170. The molecule has 0 aliphatic carbocycles. The van der Waals surface area contributed by atoms with Crippen LogP contribution < -0.4 is 5.73 Å². The average Bonchev–Trinajstić information content (AvgIpc) is 3.67. The molecule has 0 aliphatic rings. The topological polar surface area (TPSA) is 182 Å². The van der Waals surface area contributed by atoms with Gasteiger partial charge in [0.05, 0.1) is 11.9 Å². The molecule has 15 heteroatoms. The number of hydrogen-bond acceptors (Lipinski definition) is 10. The summed E-state index contributed by atoms with van der Waals surface area (Å²) in [6, 6.07) is -0.188. The van der Waals surface area contributed by atoms with E-state index in [0.29, 0.717) is 42.1 Å². The number of aromatic amines is 1. The SMILES string of the molecule is CCCN(C(=O)c1ncn[nH]1)[C@H](CC)CCc1nc2c(-c3cnc4nccn4c3)cnn2c(N)c1S(C)(=O)=O. The van der Waals surface area contributed by atoms with Gasteiger partial charge in [-0.2, -0.15) is 14.7 Å². The lowest BCUT2D eigenvalue weighted by Gasteiger charge is -2.30. The number of amides is 1. The maximum Gasteiger partial charge on any atom is 0.291 e. The van der Waals surface area contributed by atoms with Crippen LogP contribution in [0.4, 0.5) is 5.82 Å². The third-order valence-corrected chi connectivity index (χ3v) is 7.79. The zero-order valence-corrected chi connectivity index (χ0v) is 22.6. The van der Waals surface area contributed by atoms with Crippen LogP contribution >= 0.6 is 0 Å². The molecular formula is C24H29N11O3S. The summed E-state index contributed by atoms with van der Waals surface area (Å²) in [7, 11) is -3.75. The minimum Gasteiger partial charge on any atom is -0.382 e. The number of aromatic nitrogens is 9. The molecule has 1 amide bonds. The predicted octanol–water partition coefficient (Wildman–Crippen LogP) is 1.81. The van der Waals surface area contributed by atoms with Crippen molar-refractivity contribution in [3.05, 3.63) is 48.8 Å². The molecule has 0 unspecified atom stereocenters. The molecule has 5 aromatic rings. The summed E-state index contributed by atoms with van der Waals surface area (Å²) in [6.07, 6.45) is 13.0. The summed E-state index contributed by atoms with van der Waals surface area (Å²) in [5.41, 5.74) is 8.49. The van der Waals surface area contributed by atoms with Gasteiger partial charge in [-0.3, -0.25) is 14.3 Å². The van der Waals surface area contributed by atoms with E-state index in [2.05, 4.69) is 30.2 Å². The van der Waals surface area contributed by atoms with E-state index in [1.807, 2.05) is 20.0 Å². The Morgan fingerprint density at radius 2 is 2.03 bits per heavy atom. The van der Waals surface area contributed by atoms with Crippen molar-refractivity contribution in [1.82, 2.24) is 49.0 Å². The van der Waals surface area contributed by atoms with E-state index in [4.69, 9.17) is 10.7 Å². The molecular weight excluding hydrogens is 522 g/mol. The first kappa shape index (κ1) is 26.2. The Kier molecular flexibility index (Phi) is 6.99. The first-order valence-corrected chi connectivity index (χ1v) is 14.4. The van der Waals surface area contributed by atoms with Crippen LogP contribution in [-0.4, -0.2) is 82.2 Å².